The Labute approximate surface area is 123 Å². The van der Waals surface area contributed by atoms with Gasteiger partial charge in [-0.05, 0) is 62.7 Å². The average Bonchev–Trinajstić information content (AvgIpc) is 3.02. The molecule has 3 unspecified atom stereocenters. The van der Waals surface area contributed by atoms with Crippen LogP contribution in [0.2, 0.25) is 0 Å². The minimum Gasteiger partial charge on any atom is -0.313 e. The minimum atomic E-state index is 0.497. The molecule has 20 heavy (non-hydrogen) atoms. The van der Waals surface area contributed by atoms with E-state index in [4.69, 9.17) is 0 Å². The third-order valence-electron chi connectivity index (χ3n) is 5.45. The molecule has 1 aliphatic carbocycles. The van der Waals surface area contributed by atoms with Crippen molar-refractivity contribution < 1.29 is 0 Å². The monoisotopic (exact) mass is 272 g/mol. The summed E-state index contributed by atoms with van der Waals surface area (Å²) in [5.74, 6) is 2.03. The third-order valence-corrected chi connectivity index (χ3v) is 5.45. The van der Waals surface area contributed by atoms with Crippen LogP contribution < -0.4 is 5.32 Å². The number of fused-ring (bicyclic) bond motifs is 1. The second kappa shape index (κ2) is 6.28. The molecular weight excluding hydrogens is 244 g/mol. The molecule has 2 aliphatic rings. The fourth-order valence-electron chi connectivity index (χ4n) is 4.26. The smallest absolute Gasteiger partial charge is 0.0332 e. The fourth-order valence-corrected chi connectivity index (χ4v) is 4.26. The summed E-state index contributed by atoms with van der Waals surface area (Å²) in [4.78, 5) is 2.71. The molecule has 0 amide bonds. The van der Waals surface area contributed by atoms with Gasteiger partial charge in [0.05, 0.1) is 0 Å². The molecule has 3 rings (SSSR count). The lowest BCUT2D eigenvalue weighted by molar-refractivity contribution is 0.291. The van der Waals surface area contributed by atoms with Crippen molar-refractivity contribution in [2.45, 2.75) is 38.6 Å². The van der Waals surface area contributed by atoms with Crippen LogP contribution >= 0.6 is 0 Å². The van der Waals surface area contributed by atoms with E-state index in [9.17, 15) is 0 Å². The van der Waals surface area contributed by atoms with Crippen molar-refractivity contribution in [3.05, 3.63) is 35.4 Å². The maximum atomic E-state index is 3.51. The quantitative estimate of drug-likeness (QED) is 0.884. The van der Waals surface area contributed by atoms with Crippen LogP contribution in [0.3, 0.4) is 0 Å². The highest BCUT2D eigenvalue weighted by molar-refractivity contribution is 5.28. The van der Waals surface area contributed by atoms with Gasteiger partial charge in [-0.25, -0.2) is 0 Å². The Morgan fingerprint density at radius 3 is 2.55 bits per heavy atom. The predicted molar refractivity (Wildman–Crippen MR) is 84.9 cm³/mol. The van der Waals surface area contributed by atoms with Crippen LogP contribution in [0.25, 0.3) is 0 Å². The summed E-state index contributed by atoms with van der Waals surface area (Å²) in [5.41, 5.74) is 2.87. The molecule has 1 aromatic carbocycles. The van der Waals surface area contributed by atoms with E-state index < -0.39 is 0 Å². The number of likely N-dealkylation sites (tertiary alicyclic amines) is 1. The Kier molecular flexibility index (Phi) is 4.42. The summed E-state index contributed by atoms with van der Waals surface area (Å²) in [5, 5.41) is 3.51. The zero-order valence-corrected chi connectivity index (χ0v) is 12.9. The summed E-state index contributed by atoms with van der Waals surface area (Å²) in [6.07, 6.45) is 5.66. The van der Waals surface area contributed by atoms with Gasteiger partial charge in [0.15, 0.2) is 0 Å². The lowest BCUT2D eigenvalue weighted by Gasteiger charge is -2.23. The first-order chi connectivity index (χ1) is 9.78. The standard InChI is InChI=1S/C18H28N2/c1-14-6-3-4-9-17(14)18(19-2)10-11-20-12-15-7-5-8-16(15)13-20/h3-4,6,9,15-16,18-19H,5,7-8,10-13H2,1-2H3. The van der Waals surface area contributed by atoms with E-state index in [0.717, 1.165) is 11.8 Å². The van der Waals surface area contributed by atoms with E-state index in [1.165, 1.54) is 56.4 Å². The van der Waals surface area contributed by atoms with Crippen LogP contribution in [0, 0.1) is 18.8 Å². The summed E-state index contributed by atoms with van der Waals surface area (Å²) in [7, 11) is 2.09. The van der Waals surface area contributed by atoms with E-state index >= 15 is 0 Å². The molecule has 0 radical (unpaired) electrons. The molecule has 0 aromatic heterocycles. The fraction of sp³-hybridized carbons (Fsp3) is 0.667. The summed E-state index contributed by atoms with van der Waals surface area (Å²) < 4.78 is 0. The lowest BCUT2D eigenvalue weighted by Crippen LogP contribution is -2.27. The molecule has 110 valence electrons. The summed E-state index contributed by atoms with van der Waals surface area (Å²) in [6, 6.07) is 9.28. The molecule has 1 aliphatic heterocycles. The van der Waals surface area contributed by atoms with Crippen LogP contribution in [0.5, 0.6) is 0 Å². The van der Waals surface area contributed by atoms with E-state index in [0.29, 0.717) is 6.04 Å². The van der Waals surface area contributed by atoms with Gasteiger partial charge >= 0.3 is 0 Å². The van der Waals surface area contributed by atoms with Gasteiger partial charge in [0.1, 0.15) is 0 Å². The normalized spacial score (nSPS) is 27.7. The largest absolute Gasteiger partial charge is 0.313 e. The van der Waals surface area contributed by atoms with E-state index in [-0.39, 0.29) is 0 Å². The highest BCUT2D eigenvalue weighted by Crippen LogP contribution is 2.37. The van der Waals surface area contributed by atoms with Gasteiger partial charge in [-0.3, -0.25) is 0 Å². The first-order valence-electron chi connectivity index (χ1n) is 8.23. The van der Waals surface area contributed by atoms with Crippen LogP contribution in [0.4, 0.5) is 0 Å². The molecule has 1 saturated carbocycles. The Bertz CT molecular complexity index is 431. The topological polar surface area (TPSA) is 15.3 Å². The Morgan fingerprint density at radius 1 is 1.20 bits per heavy atom. The molecule has 3 atom stereocenters. The number of hydrogen-bond acceptors (Lipinski definition) is 2. The third kappa shape index (κ3) is 2.91. The van der Waals surface area contributed by atoms with E-state index in [1.807, 2.05) is 0 Å². The lowest BCUT2D eigenvalue weighted by atomic mass is 9.99. The SMILES string of the molecule is CNC(CCN1CC2CCCC2C1)c1ccccc1C. The van der Waals surface area contributed by atoms with Crippen molar-refractivity contribution in [2.75, 3.05) is 26.7 Å². The van der Waals surface area contributed by atoms with Gasteiger partial charge in [0.25, 0.3) is 0 Å². The molecule has 1 N–H and O–H groups in total. The number of nitrogens with one attached hydrogen (secondary N) is 1. The molecular formula is C18H28N2. The van der Waals surface area contributed by atoms with Crippen LogP contribution in [-0.2, 0) is 0 Å². The number of aryl methyl sites for hydroxylation is 1. The van der Waals surface area contributed by atoms with E-state index in [2.05, 4.69) is 48.5 Å². The van der Waals surface area contributed by atoms with E-state index in [1.54, 1.807) is 0 Å². The van der Waals surface area contributed by atoms with Gasteiger partial charge in [0, 0.05) is 19.1 Å². The van der Waals surface area contributed by atoms with Crippen molar-refractivity contribution in [2.24, 2.45) is 11.8 Å². The second-order valence-corrected chi connectivity index (χ2v) is 6.70. The molecule has 0 bridgehead atoms. The zero-order valence-electron chi connectivity index (χ0n) is 12.9. The van der Waals surface area contributed by atoms with Gasteiger partial charge in [0.2, 0.25) is 0 Å². The molecule has 1 aromatic rings. The van der Waals surface area contributed by atoms with Gasteiger partial charge in [-0.1, -0.05) is 30.7 Å². The van der Waals surface area contributed by atoms with Crippen molar-refractivity contribution in [1.82, 2.24) is 10.2 Å². The molecule has 0 spiro atoms. The highest BCUT2D eigenvalue weighted by atomic mass is 15.2. The molecule has 2 nitrogen and oxygen atoms in total. The molecule has 2 fully saturated rings. The predicted octanol–water partition coefficient (Wildman–Crippen LogP) is 3.38. The molecule has 2 heteroatoms. The molecule has 1 heterocycles. The van der Waals surface area contributed by atoms with Crippen LogP contribution in [0.1, 0.15) is 42.9 Å². The Morgan fingerprint density at radius 2 is 1.90 bits per heavy atom. The minimum absolute atomic E-state index is 0.497. The first-order valence-corrected chi connectivity index (χ1v) is 8.23. The van der Waals surface area contributed by atoms with Gasteiger partial charge in [-0.15, -0.1) is 0 Å². The zero-order chi connectivity index (χ0) is 13.9. The first kappa shape index (κ1) is 14.1. The summed E-state index contributed by atoms with van der Waals surface area (Å²) in [6.45, 7) is 6.18. The van der Waals surface area contributed by atoms with Gasteiger partial charge < -0.3 is 10.2 Å². The summed E-state index contributed by atoms with van der Waals surface area (Å²) >= 11 is 0. The van der Waals surface area contributed by atoms with Crippen molar-refractivity contribution >= 4 is 0 Å². The van der Waals surface area contributed by atoms with Crippen molar-refractivity contribution in [1.29, 1.82) is 0 Å². The molecule has 1 saturated heterocycles. The number of benzene rings is 1. The maximum absolute atomic E-state index is 3.51. The highest BCUT2D eigenvalue weighted by Gasteiger charge is 2.35. The van der Waals surface area contributed by atoms with Crippen LogP contribution in [0.15, 0.2) is 24.3 Å². The maximum Gasteiger partial charge on any atom is 0.0332 e. The number of nitrogens with zero attached hydrogens (tertiary/aromatic N) is 1. The average molecular weight is 272 g/mol. The van der Waals surface area contributed by atoms with Crippen molar-refractivity contribution in [3.63, 3.8) is 0 Å². The second-order valence-electron chi connectivity index (χ2n) is 6.70. The number of hydrogen-bond donors (Lipinski definition) is 1. The van der Waals surface area contributed by atoms with Crippen LogP contribution in [-0.4, -0.2) is 31.6 Å². The Hall–Kier alpha value is -0.860. The number of rotatable bonds is 5. The van der Waals surface area contributed by atoms with Crippen molar-refractivity contribution in [3.8, 4) is 0 Å². The Balaban J connectivity index is 1.55. The van der Waals surface area contributed by atoms with Gasteiger partial charge in [-0.2, -0.15) is 0 Å².